The number of carbonyl (C=O) groups is 1. The molecule has 0 saturated carbocycles. The SMILES string of the molecule is O=C1ON=C(CCl)C1=Cc1ccsc1. The first-order valence-electron chi connectivity index (χ1n) is 3.89. The van der Waals surface area contributed by atoms with E-state index in [0.29, 0.717) is 11.3 Å². The molecule has 1 aliphatic rings. The lowest BCUT2D eigenvalue weighted by molar-refractivity contribution is -0.136. The van der Waals surface area contributed by atoms with Crippen LogP contribution >= 0.6 is 22.9 Å². The summed E-state index contributed by atoms with van der Waals surface area (Å²) in [6.07, 6.45) is 1.73. The molecule has 1 aromatic heterocycles. The Morgan fingerprint density at radius 1 is 1.64 bits per heavy atom. The van der Waals surface area contributed by atoms with Crippen molar-refractivity contribution in [2.45, 2.75) is 0 Å². The van der Waals surface area contributed by atoms with Crippen LogP contribution in [0, 0.1) is 0 Å². The highest BCUT2D eigenvalue weighted by atomic mass is 35.5. The van der Waals surface area contributed by atoms with Gasteiger partial charge in [0, 0.05) is 0 Å². The normalized spacial score (nSPS) is 18.5. The molecule has 0 saturated heterocycles. The van der Waals surface area contributed by atoms with Gasteiger partial charge in [0.2, 0.25) is 0 Å². The summed E-state index contributed by atoms with van der Waals surface area (Å²) >= 11 is 7.17. The second kappa shape index (κ2) is 3.94. The monoisotopic (exact) mass is 227 g/mol. The van der Waals surface area contributed by atoms with Crippen LogP contribution < -0.4 is 0 Å². The van der Waals surface area contributed by atoms with Crippen LogP contribution in [0.4, 0.5) is 0 Å². The fourth-order valence-corrected chi connectivity index (χ4v) is 1.89. The molecule has 0 radical (unpaired) electrons. The summed E-state index contributed by atoms with van der Waals surface area (Å²) in [4.78, 5) is 15.7. The first-order chi connectivity index (χ1) is 6.81. The third kappa shape index (κ3) is 1.71. The highest BCUT2D eigenvalue weighted by molar-refractivity contribution is 7.08. The predicted molar refractivity (Wildman–Crippen MR) is 56.5 cm³/mol. The number of oxime groups is 1. The number of carbonyl (C=O) groups excluding carboxylic acids is 1. The van der Waals surface area contributed by atoms with Gasteiger partial charge in [-0.25, -0.2) is 4.79 Å². The molecule has 0 amide bonds. The van der Waals surface area contributed by atoms with E-state index in [-0.39, 0.29) is 5.88 Å². The largest absolute Gasteiger partial charge is 0.367 e. The van der Waals surface area contributed by atoms with Crippen molar-refractivity contribution in [3.05, 3.63) is 28.0 Å². The van der Waals surface area contributed by atoms with Crippen LogP contribution in [0.25, 0.3) is 6.08 Å². The minimum absolute atomic E-state index is 0.182. The van der Waals surface area contributed by atoms with Gasteiger partial charge < -0.3 is 4.84 Å². The number of hydrogen-bond acceptors (Lipinski definition) is 4. The molecule has 5 heteroatoms. The number of hydrogen-bond donors (Lipinski definition) is 0. The zero-order chi connectivity index (χ0) is 9.97. The molecule has 0 atom stereocenters. The first-order valence-corrected chi connectivity index (χ1v) is 5.37. The van der Waals surface area contributed by atoms with Crippen LogP contribution in [0.2, 0.25) is 0 Å². The number of thiophene rings is 1. The topological polar surface area (TPSA) is 38.7 Å². The number of rotatable bonds is 2. The molecule has 0 unspecified atom stereocenters. The molecule has 0 aliphatic carbocycles. The highest BCUT2D eigenvalue weighted by Crippen LogP contribution is 2.17. The Morgan fingerprint density at radius 3 is 3.14 bits per heavy atom. The summed E-state index contributed by atoms with van der Waals surface area (Å²) in [6, 6.07) is 1.91. The molecule has 0 N–H and O–H groups in total. The molecular weight excluding hydrogens is 222 g/mol. The Labute approximate surface area is 89.6 Å². The molecule has 0 bridgehead atoms. The van der Waals surface area contributed by atoms with Gasteiger partial charge in [0.05, 0.1) is 11.5 Å². The van der Waals surface area contributed by atoms with Gasteiger partial charge in [0.25, 0.3) is 0 Å². The van der Waals surface area contributed by atoms with Gasteiger partial charge in [-0.15, -0.1) is 11.6 Å². The minimum atomic E-state index is -0.438. The molecule has 2 heterocycles. The van der Waals surface area contributed by atoms with Crippen LogP contribution in [0.1, 0.15) is 5.56 Å². The van der Waals surface area contributed by atoms with E-state index in [9.17, 15) is 4.79 Å². The fraction of sp³-hybridized carbons (Fsp3) is 0.111. The Balaban J connectivity index is 2.33. The predicted octanol–water partition coefficient (Wildman–Crippen LogP) is 2.28. The molecule has 14 heavy (non-hydrogen) atoms. The van der Waals surface area contributed by atoms with Gasteiger partial charge in [-0.3, -0.25) is 0 Å². The van der Waals surface area contributed by atoms with Crippen LogP contribution in [0.3, 0.4) is 0 Å². The molecule has 0 aromatic carbocycles. The van der Waals surface area contributed by atoms with E-state index in [1.165, 1.54) is 0 Å². The van der Waals surface area contributed by atoms with E-state index in [4.69, 9.17) is 11.6 Å². The number of nitrogens with zero attached hydrogens (tertiary/aromatic N) is 1. The Morgan fingerprint density at radius 2 is 2.50 bits per heavy atom. The van der Waals surface area contributed by atoms with Crippen molar-refractivity contribution in [1.82, 2.24) is 0 Å². The van der Waals surface area contributed by atoms with Crippen molar-refractivity contribution < 1.29 is 9.63 Å². The summed E-state index contributed by atoms with van der Waals surface area (Å²) in [7, 11) is 0. The van der Waals surface area contributed by atoms with Crippen molar-refractivity contribution in [2.24, 2.45) is 5.16 Å². The van der Waals surface area contributed by atoms with E-state index in [1.807, 2.05) is 16.8 Å². The van der Waals surface area contributed by atoms with Crippen LogP contribution in [0.15, 0.2) is 27.6 Å². The Hall–Kier alpha value is -1.13. The number of halogens is 1. The second-order valence-electron chi connectivity index (χ2n) is 2.67. The van der Waals surface area contributed by atoms with E-state index in [2.05, 4.69) is 9.99 Å². The minimum Gasteiger partial charge on any atom is -0.312 e. The summed E-state index contributed by atoms with van der Waals surface area (Å²) in [5.41, 5.74) is 1.89. The van der Waals surface area contributed by atoms with Gasteiger partial charge in [-0.1, -0.05) is 5.16 Å². The third-order valence-electron chi connectivity index (χ3n) is 1.75. The van der Waals surface area contributed by atoms with Crippen LogP contribution in [-0.4, -0.2) is 17.6 Å². The second-order valence-corrected chi connectivity index (χ2v) is 3.71. The van der Waals surface area contributed by atoms with Crippen molar-refractivity contribution in [3.8, 4) is 0 Å². The summed E-state index contributed by atoms with van der Waals surface area (Å²) < 4.78 is 0. The van der Waals surface area contributed by atoms with Gasteiger partial charge in [0.15, 0.2) is 0 Å². The third-order valence-corrected chi connectivity index (χ3v) is 2.70. The lowest BCUT2D eigenvalue weighted by atomic mass is 10.1. The smallest absolute Gasteiger partial charge is 0.312 e. The fourth-order valence-electron chi connectivity index (χ4n) is 1.08. The van der Waals surface area contributed by atoms with Crippen LogP contribution in [0.5, 0.6) is 0 Å². The van der Waals surface area contributed by atoms with Gasteiger partial charge in [-0.2, -0.15) is 11.3 Å². The molecule has 72 valence electrons. The van der Waals surface area contributed by atoms with Gasteiger partial charge >= 0.3 is 5.97 Å². The maximum Gasteiger partial charge on any atom is 0.367 e. The lowest BCUT2D eigenvalue weighted by Gasteiger charge is -1.92. The molecule has 0 fully saturated rings. The van der Waals surface area contributed by atoms with Crippen LogP contribution in [-0.2, 0) is 9.63 Å². The molecule has 1 aliphatic heterocycles. The molecule has 2 rings (SSSR count). The van der Waals surface area contributed by atoms with Gasteiger partial charge in [0.1, 0.15) is 5.71 Å². The maximum absolute atomic E-state index is 11.2. The lowest BCUT2D eigenvalue weighted by Crippen LogP contribution is -2.06. The van der Waals surface area contributed by atoms with Gasteiger partial charge in [-0.05, 0) is 28.5 Å². The van der Waals surface area contributed by atoms with E-state index in [1.54, 1.807) is 17.4 Å². The summed E-state index contributed by atoms with van der Waals surface area (Å²) in [6.45, 7) is 0. The standard InChI is InChI=1S/C9H6ClNO2S/c10-4-8-7(9(12)13-11-8)3-6-1-2-14-5-6/h1-3,5H,4H2. The molecule has 3 nitrogen and oxygen atoms in total. The first kappa shape index (κ1) is 9.43. The zero-order valence-electron chi connectivity index (χ0n) is 7.07. The summed E-state index contributed by atoms with van der Waals surface area (Å²) in [5.74, 6) is -0.256. The average Bonchev–Trinajstić information content (AvgIpc) is 2.79. The van der Waals surface area contributed by atoms with Crippen molar-refractivity contribution >= 4 is 40.7 Å². The molecule has 0 spiro atoms. The van der Waals surface area contributed by atoms with Crippen molar-refractivity contribution in [3.63, 3.8) is 0 Å². The highest BCUT2D eigenvalue weighted by Gasteiger charge is 2.24. The Bertz CT molecular complexity index is 408. The van der Waals surface area contributed by atoms with E-state index < -0.39 is 5.97 Å². The summed E-state index contributed by atoms with van der Waals surface area (Å²) in [5, 5.41) is 7.44. The van der Waals surface area contributed by atoms with Crippen molar-refractivity contribution in [2.75, 3.05) is 5.88 Å². The number of alkyl halides is 1. The molecular formula is C9H6ClNO2S. The van der Waals surface area contributed by atoms with Crippen molar-refractivity contribution in [1.29, 1.82) is 0 Å². The average molecular weight is 228 g/mol. The Kier molecular flexibility index (Phi) is 2.65. The van der Waals surface area contributed by atoms with E-state index >= 15 is 0 Å². The maximum atomic E-state index is 11.2. The quantitative estimate of drug-likeness (QED) is 0.442. The zero-order valence-corrected chi connectivity index (χ0v) is 8.64. The molecule has 1 aromatic rings. The van der Waals surface area contributed by atoms with E-state index in [0.717, 1.165) is 5.56 Å².